The van der Waals surface area contributed by atoms with Gasteiger partial charge in [-0.1, -0.05) is 32.1 Å². The van der Waals surface area contributed by atoms with Crippen LogP contribution < -0.4 is 5.32 Å². The molecule has 1 atom stereocenters. The maximum absolute atomic E-state index is 12.1. The average molecular weight is 252 g/mol. The van der Waals surface area contributed by atoms with Gasteiger partial charge in [-0.05, 0) is 37.8 Å². The van der Waals surface area contributed by atoms with Crippen molar-refractivity contribution in [1.29, 1.82) is 0 Å². The highest BCUT2D eigenvalue weighted by molar-refractivity contribution is 5.75. The van der Waals surface area contributed by atoms with Crippen LogP contribution in [0.25, 0.3) is 0 Å². The molecule has 1 unspecified atom stereocenters. The van der Waals surface area contributed by atoms with Crippen molar-refractivity contribution in [2.75, 3.05) is 26.7 Å². The Morgan fingerprint density at radius 3 is 2.61 bits per heavy atom. The zero-order valence-corrected chi connectivity index (χ0v) is 11.8. The molecule has 1 aliphatic carbocycles. The van der Waals surface area contributed by atoms with E-state index in [-0.39, 0.29) is 0 Å². The van der Waals surface area contributed by atoms with Gasteiger partial charge in [-0.3, -0.25) is 4.79 Å². The number of hydrogen-bond donors (Lipinski definition) is 1. The molecule has 1 saturated heterocycles. The molecule has 0 radical (unpaired) electrons. The van der Waals surface area contributed by atoms with Crippen molar-refractivity contribution in [1.82, 2.24) is 10.2 Å². The molecule has 0 bridgehead atoms. The third-order valence-electron chi connectivity index (χ3n) is 4.61. The Bertz CT molecular complexity index is 255. The molecule has 2 fully saturated rings. The van der Waals surface area contributed by atoms with Crippen molar-refractivity contribution >= 4 is 5.91 Å². The second-order valence-corrected chi connectivity index (χ2v) is 6.18. The van der Waals surface area contributed by atoms with Gasteiger partial charge in [0, 0.05) is 20.0 Å². The van der Waals surface area contributed by atoms with Crippen LogP contribution in [0.5, 0.6) is 0 Å². The van der Waals surface area contributed by atoms with Crippen LogP contribution in [-0.4, -0.2) is 37.5 Å². The zero-order chi connectivity index (χ0) is 12.8. The van der Waals surface area contributed by atoms with Gasteiger partial charge < -0.3 is 10.2 Å². The van der Waals surface area contributed by atoms with Crippen LogP contribution in [0.4, 0.5) is 0 Å². The van der Waals surface area contributed by atoms with Crippen molar-refractivity contribution < 1.29 is 4.79 Å². The Hall–Kier alpha value is -0.570. The second kappa shape index (κ2) is 7.13. The Labute approximate surface area is 111 Å². The van der Waals surface area contributed by atoms with Crippen LogP contribution in [0.3, 0.4) is 0 Å². The first-order valence-electron chi connectivity index (χ1n) is 7.70. The molecule has 0 spiro atoms. The first-order valence-corrected chi connectivity index (χ1v) is 7.70. The van der Waals surface area contributed by atoms with Crippen molar-refractivity contribution in [2.45, 2.75) is 51.4 Å². The number of carbonyl (C=O) groups is 1. The fourth-order valence-electron chi connectivity index (χ4n) is 3.35. The first kappa shape index (κ1) is 13.9. The van der Waals surface area contributed by atoms with E-state index in [2.05, 4.69) is 5.32 Å². The van der Waals surface area contributed by atoms with Crippen molar-refractivity contribution in [3.63, 3.8) is 0 Å². The number of carbonyl (C=O) groups excluding carboxylic acids is 1. The zero-order valence-electron chi connectivity index (χ0n) is 11.8. The van der Waals surface area contributed by atoms with E-state index in [9.17, 15) is 4.79 Å². The van der Waals surface area contributed by atoms with E-state index in [1.54, 1.807) is 0 Å². The number of rotatable bonds is 5. The highest BCUT2D eigenvalue weighted by Gasteiger charge is 2.20. The van der Waals surface area contributed by atoms with Gasteiger partial charge in [0.05, 0.1) is 0 Å². The van der Waals surface area contributed by atoms with E-state index in [0.717, 1.165) is 38.4 Å². The Balaban J connectivity index is 1.63. The molecule has 1 N–H and O–H groups in total. The Morgan fingerprint density at radius 2 is 1.94 bits per heavy atom. The van der Waals surface area contributed by atoms with Crippen LogP contribution in [0, 0.1) is 11.8 Å². The molecule has 1 amide bonds. The average Bonchev–Trinajstić information content (AvgIpc) is 2.90. The lowest BCUT2D eigenvalue weighted by Crippen LogP contribution is -2.32. The summed E-state index contributed by atoms with van der Waals surface area (Å²) < 4.78 is 0. The Kier molecular flexibility index (Phi) is 5.48. The summed E-state index contributed by atoms with van der Waals surface area (Å²) in [7, 11) is 1.97. The molecule has 0 aromatic carbocycles. The van der Waals surface area contributed by atoms with E-state index in [4.69, 9.17) is 0 Å². The highest BCUT2D eigenvalue weighted by atomic mass is 16.2. The molecule has 2 rings (SSSR count). The molecule has 0 aromatic heterocycles. The van der Waals surface area contributed by atoms with Gasteiger partial charge in [0.1, 0.15) is 0 Å². The topological polar surface area (TPSA) is 32.3 Å². The molecule has 3 heteroatoms. The summed E-state index contributed by atoms with van der Waals surface area (Å²) in [5, 5.41) is 3.36. The van der Waals surface area contributed by atoms with Crippen molar-refractivity contribution in [3.05, 3.63) is 0 Å². The minimum absolute atomic E-state index is 0.354. The summed E-state index contributed by atoms with van der Waals surface area (Å²) in [5.74, 6) is 1.85. The molecule has 2 aliphatic rings. The minimum atomic E-state index is 0.354. The third kappa shape index (κ3) is 4.27. The summed E-state index contributed by atoms with van der Waals surface area (Å²) in [6.07, 6.45) is 9.96. The molecule has 18 heavy (non-hydrogen) atoms. The lowest BCUT2D eigenvalue weighted by molar-refractivity contribution is -0.130. The number of nitrogens with zero attached hydrogens (tertiary/aromatic N) is 1. The van der Waals surface area contributed by atoms with Gasteiger partial charge in [0.25, 0.3) is 0 Å². The van der Waals surface area contributed by atoms with Crippen molar-refractivity contribution in [3.8, 4) is 0 Å². The molecular weight excluding hydrogens is 224 g/mol. The fourth-order valence-corrected chi connectivity index (χ4v) is 3.35. The smallest absolute Gasteiger partial charge is 0.222 e. The number of nitrogens with one attached hydrogen (secondary N) is 1. The minimum Gasteiger partial charge on any atom is -0.345 e. The van der Waals surface area contributed by atoms with Crippen LogP contribution in [0.15, 0.2) is 0 Å². The summed E-state index contributed by atoms with van der Waals surface area (Å²) >= 11 is 0. The van der Waals surface area contributed by atoms with Gasteiger partial charge in [-0.2, -0.15) is 0 Å². The van der Waals surface area contributed by atoms with E-state index in [1.165, 1.54) is 38.5 Å². The third-order valence-corrected chi connectivity index (χ3v) is 4.61. The maximum atomic E-state index is 12.1. The second-order valence-electron chi connectivity index (χ2n) is 6.18. The number of hydrogen-bond acceptors (Lipinski definition) is 2. The van der Waals surface area contributed by atoms with Gasteiger partial charge in [-0.15, -0.1) is 0 Å². The van der Waals surface area contributed by atoms with Gasteiger partial charge in [0.15, 0.2) is 0 Å². The van der Waals surface area contributed by atoms with E-state index in [1.807, 2.05) is 11.9 Å². The molecule has 3 nitrogen and oxygen atoms in total. The summed E-state index contributed by atoms with van der Waals surface area (Å²) in [6, 6.07) is 0. The summed E-state index contributed by atoms with van der Waals surface area (Å²) in [4.78, 5) is 14.0. The predicted molar refractivity (Wildman–Crippen MR) is 74.4 cm³/mol. The summed E-state index contributed by atoms with van der Waals surface area (Å²) in [6.45, 7) is 3.14. The van der Waals surface area contributed by atoms with E-state index in [0.29, 0.717) is 11.8 Å². The van der Waals surface area contributed by atoms with E-state index < -0.39 is 0 Å². The Morgan fingerprint density at radius 1 is 1.17 bits per heavy atom. The molecule has 1 aliphatic heterocycles. The quantitative estimate of drug-likeness (QED) is 0.815. The normalized spacial score (nSPS) is 25.3. The predicted octanol–water partition coefficient (Wildman–Crippen LogP) is 2.41. The van der Waals surface area contributed by atoms with Crippen LogP contribution in [0.1, 0.15) is 51.4 Å². The molecule has 104 valence electrons. The SMILES string of the molecule is CN(CC1CCNC1)C(=O)CCC1CCCCC1. The van der Waals surface area contributed by atoms with Crippen LogP contribution >= 0.6 is 0 Å². The monoisotopic (exact) mass is 252 g/mol. The molecule has 0 aromatic rings. The fraction of sp³-hybridized carbons (Fsp3) is 0.933. The van der Waals surface area contributed by atoms with Crippen LogP contribution in [-0.2, 0) is 4.79 Å². The molecular formula is C15H28N2O. The lowest BCUT2D eigenvalue weighted by Gasteiger charge is -2.24. The first-order chi connectivity index (χ1) is 8.75. The van der Waals surface area contributed by atoms with E-state index >= 15 is 0 Å². The highest BCUT2D eigenvalue weighted by Crippen LogP contribution is 2.27. The largest absolute Gasteiger partial charge is 0.345 e. The maximum Gasteiger partial charge on any atom is 0.222 e. The standard InChI is InChI=1S/C15H28N2O/c1-17(12-14-9-10-16-11-14)15(18)8-7-13-5-3-2-4-6-13/h13-14,16H,2-12H2,1H3. The van der Waals surface area contributed by atoms with Gasteiger partial charge >= 0.3 is 0 Å². The molecule has 1 saturated carbocycles. The lowest BCUT2D eigenvalue weighted by atomic mass is 9.86. The summed E-state index contributed by atoms with van der Waals surface area (Å²) in [5.41, 5.74) is 0. The number of amides is 1. The van der Waals surface area contributed by atoms with Crippen molar-refractivity contribution in [2.24, 2.45) is 11.8 Å². The van der Waals surface area contributed by atoms with Crippen LogP contribution in [0.2, 0.25) is 0 Å². The van der Waals surface area contributed by atoms with Gasteiger partial charge in [0.2, 0.25) is 5.91 Å². The molecule has 1 heterocycles. The van der Waals surface area contributed by atoms with Gasteiger partial charge in [-0.25, -0.2) is 0 Å².